The molecule has 0 aliphatic heterocycles. The van der Waals surface area contributed by atoms with Gasteiger partial charge in [0.25, 0.3) is 0 Å². The van der Waals surface area contributed by atoms with E-state index in [4.69, 9.17) is 9.52 Å². The van der Waals surface area contributed by atoms with E-state index in [0.29, 0.717) is 5.76 Å². The van der Waals surface area contributed by atoms with Gasteiger partial charge in [0, 0.05) is 5.41 Å². The van der Waals surface area contributed by atoms with E-state index in [-0.39, 0.29) is 11.8 Å². The molecule has 1 aromatic rings. The fourth-order valence-electron chi connectivity index (χ4n) is 5.32. The van der Waals surface area contributed by atoms with Crippen LogP contribution in [0.3, 0.4) is 0 Å². The van der Waals surface area contributed by atoms with Crippen LogP contribution >= 0.6 is 0 Å². The van der Waals surface area contributed by atoms with Crippen molar-refractivity contribution in [2.24, 2.45) is 17.8 Å². The van der Waals surface area contributed by atoms with Gasteiger partial charge in [-0.1, -0.05) is 0 Å². The molecule has 1 aromatic heterocycles. The Morgan fingerprint density at radius 3 is 2.26 bits per heavy atom. The summed E-state index contributed by atoms with van der Waals surface area (Å²) in [5.74, 6) is 3.53. The van der Waals surface area contributed by atoms with Crippen molar-refractivity contribution in [3.05, 3.63) is 23.7 Å². The highest BCUT2D eigenvalue weighted by Crippen LogP contribution is 2.60. The second-order valence-electron chi connectivity index (χ2n) is 7.03. The molecule has 4 bridgehead atoms. The summed E-state index contributed by atoms with van der Waals surface area (Å²) in [6, 6.07) is 3.91. The topological polar surface area (TPSA) is 50.4 Å². The molecule has 102 valence electrons. The lowest BCUT2D eigenvalue weighted by atomic mass is 9.49. The maximum Gasteiger partial charge on any atom is 0.311 e. The first-order chi connectivity index (χ1) is 9.13. The molecule has 3 heteroatoms. The van der Waals surface area contributed by atoms with Crippen LogP contribution in [0.4, 0.5) is 0 Å². The summed E-state index contributed by atoms with van der Waals surface area (Å²) in [6.45, 7) is 0. The molecule has 1 N–H and O–H groups in total. The maximum atomic E-state index is 10.8. The molecule has 0 saturated heterocycles. The Kier molecular flexibility index (Phi) is 2.36. The summed E-state index contributed by atoms with van der Waals surface area (Å²) in [6.07, 6.45) is 8.05. The van der Waals surface area contributed by atoms with Crippen molar-refractivity contribution in [3.63, 3.8) is 0 Å². The van der Waals surface area contributed by atoms with Gasteiger partial charge in [0.2, 0.25) is 0 Å². The van der Waals surface area contributed by atoms with E-state index in [1.54, 1.807) is 0 Å². The van der Waals surface area contributed by atoms with E-state index in [2.05, 4.69) is 0 Å². The largest absolute Gasteiger partial charge is 0.481 e. The van der Waals surface area contributed by atoms with Gasteiger partial charge in [-0.25, -0.2) is 0 Å². The molecule has 0 aromatic carbocycles. The third kappa shape index (κ3) is 1.82. The lowest BCUT2D eigenvalue weighted by Gasteiger charge is -2.55. The molecule has 19 heavy (non-hydrogen) atoms. The number of carboxylic acids is 1. The lowest BCUT2D eigenvalue weighted by molar-refractivity contribution is -0.136. The molecule has 0 radical (unpaired) electrons. The fourth-order valence-corrected chi connectivity index (χ4v) is 5.32. The van der Waals surface area contributed by atoms with E-state index < -0.39 is 5.97 Å². The predicted molar refractivity (Wildman–Crippen MR) is 69.9 cm³/mol. The van der Waals surface area contributed by atoms with Crippen molar-refractivity contribution in [1.82, 2.24) is 0 Å². The van der Waals surface area contributed by atoms with Gasteiger partial charge in [0.15, 0.2) is 0 Å². The van der Waals surface area contributed by atoms with E-state index >= 15 is 0 Å². The average molecular weight is 260 g/mol. The molecule has 1 heterocycles. The molecule has 4 aliphatic rings. The Hall–Kier alpha value is -1.25. The Bertz CT molecular complexity index is 479. The number of rotatable bonds is 3. The predicted octanol–water partition coefficient (Wildman–Crippen LogP) is 3.37. The van der Waals surface area contributed by atoms with Gasteiger partial charge in [0.05, 0.1) is 0 Å². The van der Waals surface area contributed by atoms with Crippen LogP contribution in [0.15, 0.2) is 16.5 Å². The highest BCUT2D eigenvalue weighted by molar-refractivity contribution is 5.69. The summed E-state index contributed by atoms with van der Waals surface area (Å²) < 4.78 is 5.90. The zero-order valence-electron chi connectivity index (χ0n) is 11.1. The van der Waals surface area contributed by atoms with E-state index in [1.165, 1.54) is 38.5 Å². The summed E-state index contributed by atoms with van der Waals surface area (Å²) in [5, 5.41) is 8.85. The zero-order valence-corrected chi connectivity index (χ0v) is 11.1. The normalized spacial score (nSPS) is 39.7. The Morgan fingerprint density at radius 1 is 1.16 bits per heavy atom. The van der Waals surface area contributed by atoms with Crippen LogP contribution in [-0.2, 0) is 16.6 Å². The number of hydrogen-bond donors (Lipinski definition) is 1. The van der Waals surface area contributed by atoms with Crippen LogP contribution in [0.2, 0.25) is 0 Å². The molecule has 0 atom stereocenters. The standard InChI is InChI=1S/C16H20O3/c17-15(18)6-13-1-2-14(19-13)16-7-10-3-11(8-16)5-12(4-10)9-16/h1-2,10-12H,3-9H2,(H,17,18). The van der Waals surface area contributed by atoms with Crippen molar-refractivity contribution in [1.29, 1.82) is 0 Å². The van der Waals surface area contributed by atoms with Crippen LogP contribution in [0.25, 0.3) is 0 Å². The highest BCUT2D eigenvalue weighted by Gasteiger charge is 2.53. The second kappa shape index (κ2) is 3.87. The van der Waals surface area contributed by atoms with Crippen molar-refractivity contribution in [3.8, 4) is 0 Å². The Labute approximate surface area is 113 Å². The number of carbonyl (C=O) groups is 1. The quantitative estimate of drug-likeness (QED) is 0.906. The minimum Gasteiger partial charge on any atom is -0.481 e. The van der Waals surface area contributed by atoms with Crippen molar-refractivity contribution >= 4 is 5.97 Å². The van der Waals surface area contributed by atoms with E-state index in [0.717, 1.165) is 23.5 Å². The molecule has 4 fully saturated rings. The molecule has 0 spiro atoms. The summed E-state index contributed by atoms with van der Waals surface area (Å²) in [7, 11) is 0. The maximum absolute atomic E-state index is 10.8. The van der Waals surface area contributed by atoms with Crippen molar-refractivity contribution < 1.29 is 14.3 Å². The zero-order chi connectivity index (χ0) is 13.0. The monoisotopic (exact) mass is 260 g/mol. The number of furan rings is 1. The molecular formula is C16H20O3. The summed E-state index contributed by atoms with van der Waals surface area (Å²) >= 11 is 0. The molecule has 5 rings (SSSR count). The first-order valence-corrected chi connectivity index (χ1v) is 7.44. The first-order valence-electron chi connectivity index (χ1n) is 7.44. The molecule has 4 aliphatic carbocycles. The highest BCUT2D eigenvalue weighted by atomic mass is 16.4. The average Bonchev–Trinajstić information content (AvgIpc) is 2.75. The van der Waals surface area contributed by atoms with E-state index in [9.17, 15) is 4.79 Å². The van der Waals surface area contributed by atoms with Gasteiger partial charge < -0.3 is 9.52 Å². The molecule has 0 amide bonds. The van der Waals surface area contributed by atoms with Gasteiger partial charge >= 0.3 is 5.97 Å². The van der Waals surface area contributed by atoms with Crippen molar-refractivity contribution in [2.75, 3.05) is 0 Å². The summed E-state index contributed by atoms with van der Waals surface area (Å²) in [4.78, 5) is 10.8. The van der Waals surface area contributed by atoms with Gasteiger partial charge in [-0.2, -0.15) is 0 Å². The number of carboxylic acid groups (broad SMARTS) is 1. The molecule has 3 nitrogen and oxygen atoms in total. The smallest absolute Gasteiger partial charge is 0.311 e. The lowest BCUT2D eigenvalue weighted by Crippen LogP contribution is -2.48. The van der Waals surface area contributed by atoms with Crippen LogP contribution < -0.4 is 0 Å². The van der Waals surface area contributed by atoms with Crippen molar-refractivity contribution in [2.45, 2.75) is 50.4 Å². The van der Waals surface area contributed by atoms with Crippen LogP contribution in [0.5, 0.6) is 0 Å². The molecular weight excluding hydrogens is 240 g/mol. The SMILES string of the molecule is O=C(O)Cc1ccc(C23CC4CC(CC(C4)C2)C3)o1. The number of hydrogen-bond acceptors (Lipinski definition) is 2. The van der Waals surface area contributed by atoms with Crippen LogP contribution in [0, 0.1) is 17.8 Å². The third-order valence-corrected chi connectivity index (χ3v) is 5.55. The van der Waals surface area contributed by atoms with Gasteiger partial charge in [-0.15, -0.1) is 0 Å². The Balaban J connectivity index is 1.64. The minimum atomic E-state index is -0.814. The van der Waals surface area contributed by atoms with Gasteiger partial charge in [-0.3, -0.25) is 4.79 Å². The molecule has 4 saturated carbocycles. The van der Waals surface area contributed by atoms with Gasteiger partial charge in [0.1, 0.15) is 17.9 Å². The third-order valence-electron chi connectivity index (χ3n) is 5.55. The molecule has 0 unspecified atom stereocenters. The van der Waals surface area contributed by atoms with Crippen LogP contribution in [-0.4, -0.2) is 11.1 Å². The van der Waals surface area contributed by atoms with E-state index in [1.807, 2.05) is 12.1 Å². The Morgan fingerprint density at radius 2 is 1.74 bits per heavy atom. The van der Waals surface area contributed by atoms with Crippen LogP contribution in [0.1, 0.15) is 50.0 Å². The van der Waals surface area contributed by atoms with Gasteiger partial charge in [-0.05, 0) is 68.4 Å². The second-order valence-corrected chi connectivity index (χ2v) is 7.03. The minimum absolute atomic E-state index is 0.00632. The number of aliphatic carboxylic acids is 1. The fraction of sp³-hybridized carbons (Fsp3) is 0.688. The summed E-state index contributed by atoms with van der Waals surface area (Å²) in [5.41, 5.74) is 0.242. The first kappa shape index (κ1) is 11.6.